The summed E-state index contributed by atoms with van der Waals surface area (Å²) >= 11 is 5.03. The molecule has 0 aliphatic heterocycles. The first-order chi connectivity index (χ1) is 8.59. The van der Waals surface area contributed by atoms with Gasteiger partial charge in [-0.15, -0.1) is 0 Å². The van der Waals surface area contributed by atoms with E-state index in [0.29, 0.717) is 16.2 Å². The molecule has 2 aromatic rings. The van der Waals surface area contributed by atoms with Crippen molar-refractivity contribution in [1.29, 1.82) is 0 Å². The fraction of sp³-hybridized carbons (Fsp3) is 0.250. The highest BCUT2D eigenvalue weighted by Gasteiger charge is 2.15. The molecule has 0 radical (unpaired) electrons. The first kappa shape index (κ1) is 12.5. The van der Waals surface area contributed by atoms with Crippen LogP contribution in [0.2, 0.25) is 0 Å². The molecule has 0 aliphatic carbocycles. The van der Waals surface area contributed by atoms with Crippen LogP contribution in [-0.4, -0.2) is 20.7 Å². The fourth-order valence-corrected chi connectivity index (χ4v) is 1.82. The van der Waals surface area contributed by atoms with Gasteiger partial charge in [0.1, 0.15) is 0 Å². The summed E-state index contributed by atoms with van der Waals surface area (Å²) in [6, 6.07) is 8.86. The van der Waals surface area contributed by atoms with Crippen LogP contribution in [-0.2, 0) is 7.05 Å². The van der Waals surface area contributed by atoms with Gasteiger partial charge in [0.05, 0.1) is 6.04 Å². The lowest BCUT2D eigenvalue weighted by atomic mass is 10.2. The number of nitrogens with zero attached hydrogens (tertiary/aromatic N) is 2. The summed E-state index contributed by atoms with van der Waals surface area (Å²) < 4.78 is 2.27. The Morgan fingerprint density at radius 1 is 1.44 bits per heavy atom. The quantitative estimate of drug-likeness (QED) is 0.831. The molecule has 1 amide bonds. The second kappa shape index (κ2) is 5.14. The molecule has 0 spiro atoms. The first-order valence-corrected chi connectivity index (χ1v) is 5.97. The van der Waals surface area contributed by atoms with Crippen molar-refractivity contribution in [2.75, 3.05) is 0 Å². The minimum atomic E-state index is -0.212. The highest BCUT2D eigenvalue weighted by molar-refractivity contribution is 7.71. The van der Waals surface area contributed by atoms with E-state index in [1.54, 1.807) is 16.7 Å². The zero-order chi connectivity index (χ0) is 13.1. The Bertz CT molecular complexity index is 602. The molecule has 2 rings (SSSR count). The van der Waals surface area contributed by atoms with E-state index in [9.17, 15) is 4.79 Å². The third-order valence-electron chi connectivity index (χ3n) is 2.69. The van der Waals surface area contributed by atoms with Crippen LogP contribution in [0.5, 0.6) is 0 Å². The maximum atomic E-state index is 12.0. The Morgan fingerprint density at radius 3 is 2.67 bits per heavy atom. The van der Waals surface area contributed by atoms with Crippen LogP contribution in [0.3, 0.4) is 0 Å². The molecule has 0 saturated carbocycles. The smallest absolute Gasteiger partial charge is 0.251 e. The second-order valence-electron chi connectivity index (χ2n) is 4.01. The predicted molar refractivity (Wildman–Crippen MR) is 70.7 cm³/mol. The Labute approximate surface area is 110 Å². The average molecular weight is 262 g/mol. The van der Waals surface area contributed by atoms with E-state index in [1.807, 2.05) is 32.2 Å². The lowest BCUT2D eigenvalue weighted by Gasteiger charge is -2.12. The van der Waals surface area contributed by atoms with Crippen LogP contribution in [0.1, 0.15) is 29.1 Å². The Hall–Kier alpha value is -1.95. The molecule has 6 heteroatoms. The molecule has 2 N–H and O–H groups in total. The summed E-state index contributed by atoms with van der Waals surface area (Å²) in [4.78, 5) is 12.0. The molecule has 0 saturated heterocycles. The Kier molecular flexibility index (Phi) is 3.57. The van der Waals surface area contributed by atoms with Gasteiger partial charge in [-0.2, -0.15) is 5.10 Å². The van der Waals surface area contributed by atoms with Crippen molar-refractivity contribution >= 4 is 18.1 Å². The summed E-state index contributed by atoms with van der Waals surface area (Å²) in [5, 5.41) is 9.67. The zero-order valence-electron chi connectivity index (χ0n) is 10.2. The van der Waals surface area contributed by atoms with Gasteiger partial charge in [-0.25, -0.2) is 0 Å². The maximum Gasteiger partial charge on any atom is 0.251 e. The molecular formula is C12H14N4OS. The number of nitrogens with one attached hydrogen (secondary N) is 2. The molecule has 18 heavy (non-hydrogen) atoms. The molecule has 1 aromatic heterocycles. The lowest BCUT2D eigenvalue weighted by Crippen LogP contribution is -2.28. The predicted octanol–water partition coefficient (Wildman–Crippen LogP) is 1.97. The largest absolute Gasteiger partial charge is 0.342 e. The molecule has 0 fully saturated rings. The van der Waals surface area contributed by atoms with Crippen molar-refractivity contribution in [3.8, 4) is 0 Å². The van der Waals surface area contributed by atoms with Crippen LogP contribution >= 0.6 is 12.2 Å². The van der Waals surface area contributed by atoms with Crippen molar-refractivity contribution in [2.24, 2.45) is 7.05 Å². The number of amides is 1. The summed E-state index contributed by atoms with van der Waals surface area (Å²) in [6.45, 7) is 1.87. The van der Waals surface area contributed by atoms with Crippen LogP contribution in [0.25, 0.3) is 0 Å². The number of benzene rings is 1. The monoisotopic (exact) mass is 262 g/mol. The van der Waals surface area contributed by atoms with Crippen molar-refractivity contribution in [3.63, 3.8) is 0 Å². The summed E-state index contributed by atoms with van der Waals surface area (Å²) in [5.74, 6) is 0.571. The van der Waals surface area contributed by atoms with Gasteiger partial charge in [0.2, 0.25) is 0 Å². The second-order valence-corrected chi connectivity index (χ2v) is 4.39. The summed E-state index contributed by atoms with van der Waals surface area (Å²) in [5.41, 5.74) is 0.626. The van der Waals surface area contributed by atoms with Crippen molar-refractivity contribution in [2.45, 2.75) is 13.0 Å². The topological polar surface area (TPSA) is 62.7 Å². The molecule has 0 aliphatic rings. The number of aromatic amines is 1. The molecule has 1 aromatic carbocycles. The van der Waals surface area contributed by atoms with E-state index in [2.05, 4.69) is 15.5 Å². The number of hydrogen-bond acceptors (Lipinski definition) is 3. The number of aromatic nitrogens is 3. The van der Waals surface area contributed by atoms with Crippen LogP contribution in [0, 0.1) is 4.77 Å². The molecule has 0 unspecified atom stereocenters. The van der Waals surface area contributed by atoms with E-state index in [0.717, 1.165) is 0 Å². The Morgan fingerprint density at radius 2 is 2.11 bits per heavy atom. The number of rotatable bonds is 3. The first-order valence-electron chi connectivity index (χ1n) is 5.57. The van der Waals surface area contributed by atoms with E-state index in [-0.39, 0.29) is 11.9 Å². The van der Waals surface area contributed by atoms with Gasteiger partial charge in [-0.05, 0) is 31.3 Å². The van der Waals surface area contributed by atoms with Gasteiger partial charge in [0, 0.05) is 12.6 Å². The molecule has 1 atom stereocenters. The molecule has 0 bridgehead atoms. The fourth-order valence-electron chi connectivity index (χ4n) is 1.68. The third kappa shape index (κ3) is 2.48. The van der Waals surface area contributed by atoms with Crippen LogP contribution < -0.4 is 5.32 Å². The van der Waals surface area contributed by atoms with Gasteiger partial charge in [0.25, 0.3) is 5.91 Å². The number of carbonyl (C=O) groups excluding carboxylic acids is 1. The lowest BCUT2D eigenvalue weighted by molar-refractivity contribution is 0.0938. The third-order valence-corrected chi connectivity index (χ3v) is 3.05. The van der Waals surface area contributed by atoms with Gasteiger partial charge < -0.3 is 9.88 Å². The molecule has 94 valence electrons. The van der Waals surface area contributed by atoms with Crippen molar-refractivity contribution < 1.29 is 4.79 Å². The standard InChI is InChI=1S/C12H14N4OS/c1-8(10-14-15-12(18)16(10)2)13-11(17)9-6-4-3-5-7-9/h3-8H,1-2H3,(H,13,17)(H,15,18)/t8-/m0/s1. The number of H-pyrrole nitrogens is 1. The minimum Gasteiger partial charge on any atom is -0.342 e. The molecule has 5 nitrogen and oxygen atoms in total. The summed E-state index contributed by atoms with van der Waals surface area (Å²) in [7, 11) is 1.81. The van der Waals surface area contributed by atoms with E-state index < -0.39 is 0 Å². The van der Waals surface area contributed by atoms with Gasteiger partial charge in [-0.3, -0.25) is 9.89 Å². The van der Waals surface area contributed by atoms with Crippen molar-refractivity contribution in [1.82, 2.24) is 20.1 Å². The number of hydrogen-bond donors (Lipinski definition) is 2. The van der Waals surface area contributed by atoms with Crippen molar-refractivity contribution in [3.05, 3.63) is 46.5 Å². The van der Waals surface area contributed by atoms with Crippen LogP contribution in [0.4, 0.5) is 0 Å². The average Bonchev–Trinajstić information content (AvgIpc) is 2.71. The Balaban J connectivity index is 2.13. The molecule has 1 heterocycles. The minimum absolute atomic E-state index is 0.128. The summed E-state index contributed by atoms with van der Waals surface area (Å²) in [6.07, 6.45) is 0. The SMILES string of the molecule is C[C@H](NC(=O)c1ccccc1)c1n[nH]c(=S)n1C. The van der Waals surface area contributed by atoms with E-state index in [1.165, 1.54) is 0 Å². The highest BCUT2D eigenvalue weighted by Crippen LogP contribution is 2.09. The highest BCUT2D eigenvalue weighted by atomic mass is 32.1. The van der Waals surface area contributed by atoms with Gasteiger partial charge in [0.15, 0.2) is 10.6 Å². The normalized spacial score (nSPS) is 12.1. The maximum absolute atomic E-state index is 12.0. The van der Waals surface area contributed by atoms with E-state index in [4.69, 9.17) is 12.2 Å². The number of carbonyl (C=O) groups is 1. The van der Waals surface area contributed by atoms with Crippen LogP contribution in [0.15, 0.2) is 30.3 Å². The zero-order valence-corrected chi connectivity index (χ0v) is 11.0. The van der Waals surface area contributed by atoms with E-state index >= 15 is 0 Å². The van der Waals surface area contributed by atoms with Gasteiger partial charge in [-0.1, -0.05) is 18.2 Å². The molecular weight excluding hydrogens is 248 g/mol. The van der Waals surface area contributed by atoms with Gasteiger partial charge >= 0.3 is 0 Å².